The summed E-state index contributed by atoms with van der Waals surface area (Å²) in [6.45, 7) is 10.8. The molecule has 6 nitrogen and oxygen atoms in total. The number of halogens is 3. The topological polar surface area (TPSA) is 65.7 Å². The van der Waals surface area contributed by atoms with Gasteiger partial charge in [0.1, 0.15) is 12.4 Å². The van der Waals surface area contributed by atoms with Crippen LogP contribution >= 0.6 is 47.8 Å². The molecular weight excluding hydrogens is 702 g/mol. The molecule has 0 fully saturated rings. The molecule has 0 spiro atoms. The normalized spacial score (nSPS) is 12.2. The summed E-state index contributed by atoms with van der Waals surface area (Å²) >= 11 is 10.6. The van der Waals surface area contributed by atoms with E-state index in [0.717, 1.165) is 36.5 Å². The average Bonchev–Trinajstić information content (AvgIpc) is 2.93. The van der Waals surface area contributed by atoms with Gasteiger partial charge in [-0.2, -0.15) is 9.78 Å². The fourth-order valence-corrected chi connectivity index (χ4v) is 5.71. The minimum atomic E-state index is -0.214. The number of fused-ring (bicyclic) bond motifs is 1. The molecule has 1 atom stereocenters. The summed E-state index contributed by atoms with van der Waals surface area (Å²) in [5, 5.41) is 5.14. The van der Waals surface area contributed by atoms with Gasteiger partial charge in [-0.3, -0.25) is 4.79 Å². The Labute approximate surface area is 259 Å². The summed E-state index contributed by atoms with van der Waals surface area (Å²) in [5.41, 5.74) is 3.13. The predicted octanol–water partition coefficient (Wildman–Crippen LogP) is 8.79. The van der Waals surface area contributed by atoms with Crippen molar-refractivity contribution in [2.45, 2.75) is 46.1 Å². The Kier molecular flexibility index (Phi) is 10.4. The third-order valence-electron chi connectivity index (χ3n) is 6.41. The van der Waals surface area contributed by atoms with E-state index in [2.05, 4.69) is 66.4 Å². The van der Waals surface area contributed by atoms with Gasteiger partial charge in [0.25, 0.3) is 5.56 Å². The maximum Gasteiger partial charge on any atom is 0.282 e. The number of benzene rings is 3. The maximum absolute atomic E-state index is 13.5. The zero-order valence-electron chi connectivity index (χ0n) is 22.6. The second kappa shape index (κ2) is 13.7. The highest BCUT2D eigenvalue weighted by molar-refractivity contribution is 9.11. The summed E-state index contributed by atoms with van der Waals surface area (Å²) < 4.78 is 16.5. The van der Waals surface area contributed by atoms with E-state index in [0.29, 0.717) is 47.9 Å². The van der Waals surface area contributed by atoms with Crippen LogP contribution in [0.5, 0.6) is 11.5 Å². The summed E-state index contributed by atoms with van der Waals surface area (Å²) in [5.74, 6) is 1.92. The van der Waals surface area contributed by atoms with E-state index < -0.39 is 0 Å². The molecule has 0 N–H and O–H groups in total. The van der Waals surface area contributed by atoms with E-state index >= 15 is 0 Å². The Morgan fingerprint density at radius 1 is 1.02 bits per heavy atom. The number of aromatic nitrogens is 2. The highest BCUT2D eigenvalue weighted by Gasteiger charge is 2.17. The van der Waals surface area contributed by atoms with Crippen LogP contribution in [-0.4, -0.2) is 22.5 Å². The second-order valence-corrected chi connectivity index (χ2v) is 11.9. The molecule has 0 aliphatic rings. The van der Waals surface area contributed by atoms with Crippen molar-refractivity contribution >= 4 is 64.9 Å². The minimum Gasteiger partial charge on any atom is -0.490 e. The van der Waals surface area contributed by atoms with Gasteiger partial charge < -0.3 is 9.47 Å². The molecule has 208 valence electrons. The molecule has 1 aromatic heterocycles. The number of nitrogens with zero attached hydrogens (tertiary/aromatic N) is 3. The Morgan fingerprint density at radius 2 is 1.77 bits per heavy atom. The van der Waals surface area contributed by atoms with Gasteiger partial charge in [-0.1, -0.05) is 73.8 Å². The number of hydrogen-bond acceptors (Lipinski definition) is 5. The third-order valence-corrected chi connectivity index (χ3v) is 8.14. The SMILES string of the molecule is C=CCc1cc(C=Nn2c([C@H](C)CC)nc3ccc(Br)cc3c2=O)cc(OCC)c1OCc1ccc(Br)cc1Br. The first-order valence-electron chi connectivity index (χ1n) is 13.0. The molecule has 0 saturated heterocycles. The highest BCUT2D eigenvalue weighted by atomic mass is 79.9. The lowest BCUT2D eigenvalue weighted by Gasteiger charge is -2.17. The van der Waals surface area contributed by atoms with Crippen LogP contribution in [0.15, 0.2) is 84.5 Å². The van der Waals surface area contributed by atoms with E-state index in [9.17, 15) is 4.79 Å². The van der Waals surface area contributed by atoms with Gasteiger partial charge in [-0.05, 0) is 67.8 Å². The Balaban J connectivity index is 1.77. The lowest BCUT2D eigenvalue weighted by Crippen LogP contribution is -2.23. The van der Waals surface area contributed by atoms with Crippen molar-refractivity contribution in [3.63, 3.8) is 0 Å². The van der Waals surface area contributed by atoms with E-state index in [1.165, 1.54) is 4.68 Å². The predicted molar refractivity (Wildman–Crippen MR) is 173 cm³/mol. The molecule has 9 heteroatoms. The smallest absolute Gasteiger partial charge is 0.282 e. The molecule has 1 heterocycles. The summed E-state index contributed by atoms with van der Waals surface area (Å²) in [6, 6.07) is 15.4. The van der Waals surface area contributed by atoms with Crippen molar-refractivity contribution < 1.29 is 9.47 Å². The molecule has 0 unspecified atom stereocenters. The zero-order chi connectivity index (χ0) is 28.8. The zero-order valence-corrected chi connectivity index (χ0v) is 27.3. The average molecular weight is 732 g/mol. The first kappa shape index (κ1) is 30.2. The maximum atomic E-state index is 13.5. The van der Waals surface area contributed by atoms with E-state index in [-0.39, 0.29) is 11.5 Å². The van der Waals surface area contributed by atoms with Gasteiger partial charge in [0, 0.05) is 30.5 Å². The van der Waals surface area contributed by atoms with Crippen LogP contribution in [0.2, 0.25) is 0 Å². The largest absolute Gasteiger partial charge is 0.490 e. The van der Waals surface area contributed by atoms with Gasteiger partial charge >= 0.3 is 0 Å². The Hall–Kier alpha value is -2.75. The van der Waals surface area contributed by atoms with Crippen LogP contribution in [0.3, 0.4) is 0 Å². The molecule has 0 bridgehead atoms. The molecular formula is C31H30Br3N3O3. The van der Waals surface area contributed by atoms with Crippen molar-refractivity contribution in [3.8, 4) is 11.5 Å². The second-order valence-electron chi connectivity index (χ2n) is 9.26. The fraction of sp³-hybridized carbons (Fsp3) is 0.258. The number of ether oxygens (including phenoxy) is 2. The minimum absolute atomic E-state index is 0.0434. The first-order chi connectivity index (χ1) is 19.2. The molecule has 3 aromatic carbocycles. The van der Waals surface area contributed by atoms with Gasteiger partial charge in [-0.15, -0.1) is 6.58 Å². The molecule has 4 aromatic rings. The standard InChI is InChI=1S/C31H30Br3N3O3/c1-5-8-21-13-20(14-28(39-7-3)29(21)40-18-22-9-10-24(33)16-26(22)34)17-35-37-30(19(4)6-2)36-27-12-11-23(32)15-25(27)31(37)38/h5,9-17,19H,1,6-8,18H2,2-4H3/t19-/m1/s1. The number of rotatable bonds is 11. The molecule has 0 radical (unpaired) electrons. The van der Waals surface area contributed by atoms with Gasteiger partial charge in [0.15, 0.2) is 11.5 Å². The van der Waals surface area contributed by atoms with Crippen LogP contribution in [0.1, 0.15) is 55.6 Å². The lowest BCUT2D eigenvalue weighted by atomic mass is 10.1. The Bertz CT molecular complexity index is 1630. The Morgan fingerprint density at radius 3 is 2.48 bits per heavy atom. The van der Waals surface area contributed by atoms with E-state index in [1.54, 1.807) is 12.3 Å². The van der Waals surface area contributed by atoms with Crippen molar-refractivity contribution in [2.75, 3.05) is 6.61 Å². The first-order valence-corrected chi connectivity index (χ1v) is 15.4. The molecule has 40 heavy (non-hydrogen) atoms. The third kappa shape index (κ3) is 6.93. The molecule has 4 rings (SSSR count). The summed E-state index contributed by atoms with van der Waals surface area (Å²) in [6.07, 6.45) is 4.89. The monoisotopic (exact) mass is 729 g/mol. The lowest BCUT2D eigenvalue weighted by molar-refractivity contribution is 0.266. The van der Waals surface area contributed by atoms with E-state index in [4.69, 9.17) is 14.5 Å². The van der Waals surface area contributed by atoms with E-state index in [1.807, 2.05) is 62.4 Å². The van der Waals surface area contributed by atoms with Crippen molar-refractivity contribution in [2.24, 2.45) is 5.10 Å². The number of allylic oxidation sites excluding steroid dienone is 1. The molecule has 0 aliphatic heterocycles. The summed E-state index contributed by atoms with van der Waals surface area (Å²) in [7, 11) is 0. The van der Waals surface area contributed by atoms with Crippen LogP contribution < -0.4 is 15.0 Å². The van der Waals surface area contributed by atoms with Crippen molar-refractivity contribution in [1.29, 1.82) is 0 Å². The van der Waals surface area contributed by atoms with Gasteiger partial charge in [-0.25, -0.2) is 4.98 Å². The van der Waals surface area contributed by atoms with Crippen LogP contribution in [-0.2, 0) is 13.0 Å². The van der Waals surface area contributed by atoms with Crippen molar-refractivity contribution in [1.82, 2.24) is 9.66 Å². The highest BCUT2D eigenvalue weighted by Crippen LogP contribution is 2.35. The van der Waals surface area contributed by atoms with Crippen LogP contribution in [0.25, 0.3) is 10.9 Å². The number of hydrogen-bond donors (Lipinski definition) is 0. The summed E-state index contributed by atoms with van der Waals surface area (Å²) in [4.78, 5) is 18.3. The molecule has 0 saturated carbocycles. The van der Waals surface area contributed by atoms with Gasteiger partial charge in [0.05, 0.1) is 23.7 Å². The van der Waals surface area contributed by atoms with Gasteiger partial charge in [0.2, 0.25) is 0 Å². The van der Waals surface area contributed by atoms with Crippen LogP contribution in [0, 0.1) is 0 Å². The van der Waals surface area contributed by atoms with Crippen molar-refractivity contribution in [3.05, 3.63) is 107 Å². The molecule has 0 amide bonds. The van der Waals surface area contributed by atoms with Crippen LogP contribution in [0.4, 0.5) is 0 Å². The fourth-order valence-electron chi connectivity index (χ4n) is 4.18. The quantitative estimate of drug-likeness (QED) is 0.114. The molecule has 0 aliphatic carbocycles.